The van der Waals surface area contributed by atoms with Crippen molar-refractivity contribution in [1.82, 2.24) is 14.5 Å². The summed E-state index contributed by atoms with van der Waals surface area (Å²) in [6.07, 6.45) is 1.77. The normalized spacial score (nSPS) is 11.3. The van der Waals surface area contributed by atoms with Gasteiger partial charge in [-0.15, -0.1) is 11.6 Å². The Morgan fingerprint density at radius 1 is 1.05 bits per heavy atom. The van der Waals surface area contributed by atoms with E-state index in [1.807, 2.05) is 13.0 Å². The third-order valence-corrected chi connectivity index (χ3v) is 4.32. The van der Waals surface area contributed by atoms with Crippen LogP contribution >= 0.6 is 46.4 Å². The maximum atomic E-state index is 6.29. The molecule has 7 heteroatoms. The molecule has 0 radical (unpaired) electrons. The van der Waals surface area contributed by atoms with Crippen LogP contribution in [-0.4, -0.2) is 14.5 Å². The van der Waals surface area contributed by atoms with E-state index >= 15 is 0 Å². The average Bonchev–Trinajstić information content (AvgIpc) is 2.80. The second-order valence-electron chi connectivity index (χ2n) is 4.57. The molecule has 0 saturated heterocycles. The SMILES string of the molecule is Cc1cnc2c(c1)nc(CCl)n2-c1cc(Cl)c(Cl)cc1Cl. The van der Waals surface area contributed by atoms with Gasteiger partial charge in [0.1, 0.15) is 11.3 Å². The predicted octanol–water partition coefficient (Wildman–Crippen LogP) is 5.43. The summed E-state index contributed by atoms with van der Waals surface area (Å²) in [6, 6.07) is 5.23. The van der Waals surface area contributed by atoms with Gasteiger partial charge < -0.3 is 0 Å². The molecule has 0 aliphatic heterocycles. The number of nitrogens with zero attached hydrogens (tertiary/aromatic N) is 3. The summed E-state index contributed by atoms with van der Waals surface area (Å²) in [5.74, 6) is 0.872. The number of fused-ring (bicyclic) bond motifs is 1. The molecule has 0 saturated carbocycles. The molecule has 0 N–H and O–H groups in total. The van der Waals surface area contributed by atoms with Crippen molar-refractivity contribution in [3.8, 4) is 5.69 Å². The van der Waals surface area contributed by atoms with Gasteiger partial charge in [0.15, 0.2) is 5.65 Å². The van der Waals surface area contributed by atoms with Gasteiger partial charge in [0.05, 0.1) is 26.6 Å². The number of hydrogen-bond donors (Lipinski definition) is 0. The average molecular weight is 361 g/mol. The zero-order valence-corrected chi connectivity index (χ0v) is 13.9. The van der Waals surface area contributed by atoms with E-state index < -0.39 is 0 Å². The molecular formula is C14H9Cl4N3. The minimum atomic E-state index is 0.228. The van der Waals surface area contributed by atoms with Crippen molar-refractivity contribution in [2.75, 3.05) is 0 Å². The number of imidazole rings is 1. The van der Waals surface area contributed by atoms with Crippen LogP contribution in [0.2, 0.25) is 15.1 Å². The molecule has 3 aromatic rings. The smallest absolute Gasteiger partial charge is 0.164 e. The highest BCUT2D eigenvalue weighted by Gasteiger charge is 2.17. The number of alkyl halides is 1. The summed E-state index contributed by atoms with van der Waals surface area (Å²) in [7, 11) is 0. The highest BCUT2D eigenvalue weighted by atomic mass is 35.5. The molecule has 0 aliphatic rings. The number of benzene rings is 1. The summed E-state index contributed by atoms with van der Waals surface area (Å²) < 4.78 is 1.80. The fourth-order valence-corrected chi connectivity index (χ4v) is 2.94. The molecule has 0 aliphatic carbocycles. The highest BCUT2D eigenvalue weighted by Crippen LogP contribution is 2.33. The molecule has 3 rings (SSSR count). The van der Waals surface area contributed by atoms with E-state index in [2.05, 4.69) is 9.97 Å². The Kier molecular flexibility index (Phi) is 4.02. The molecule has 0 amide bonds. The maximum Gasteiger partial charge on any atom is 0.164 e. The lowest BCUT2D eigenvalue weighted by Gasteiger charge is -2.10. The lowest BCUT2D eigenvalue weighted by molar-refractivity contribution is 0.969. The molecule has 0 spiro atoms. The molecule has 1 aromatic carbocycles. The van der Waals surface area contributed by atoms with Gasteiger partial charge in [-0.2, -0.15) is 0 Å². The molecule has 21 heavy (non-hydrogen) atoms. The molecule has 0 unspecified atom stereocenters. The van der Waals surface area contributed by atoms with E-state index in [1.54, 1.807) is 22.9 Å². The van der Waals surface area contributed by atoms with Crippen LogP contribution in [0.4, 0.5) is 0 Å². The zero-order chi connectivity index (χ0) is 15.1. The van der Waals surface area contributed by atoms with Gasteiger partial charge in [0, 0.05) is 6.20 Å². The first kappa shape index (κ1) is 14.9. The van der Waals surface area contributed by atoms with Gasteiger partial charge >= 0.3 is 0 Å². The number of aryl methyl sites for hydroxylation is 1. The van der Waals surface area contributed by atoms with Crippen molar-refractivity contribution in [1.29, 1.82) is 0 Å². The first-order valence-electron chi connectivity index (χ1n) is 6.06. The fourth-order valence-electron chi connectivity index (χ4n) is 2.14. The van der Waals surface area contributed by atoms with E-state index in [4.69, 9.17) is 46.4 Å². The van der Waals surface area contributed by atoms with Gasteiger partial charge in [-0.25, -0.2) is 9.97 Å². The quantitative estimate of drug-likeness (QED) is 0.450. The second-order valence-corrected chi connectivity index (χ2v) is 6.06. The van der Waals surface area contributed by atoms with Crippen LogP contribution < -0.4 is 0 Å². The van der Waals surface area contributed by atoms with Crippen LogP contribution in [0.5, 0.6) is 0 Å². The number of aromatic nitrogens is 3. The molecule has 3 nitrogen and oxygen atoms in total. The van der Waals surface area contributed by atoms with Crippen molar-refractivity contribution in [3.63, 3.8) is 0 Å². The number of pyridine rings is 1. The Bertz CT molecular complexity index is 842. The van der Waals surface area contributed by atoms with Crippen LogP contribution in [0.15, 0.2) is 24.4 Å². The van der Waals surface area contributed by atoms with Crippen molar-refractivity contribution in [3.05, 3.63) is 50.9 Å². The Morgan fingerprint density at radius 2 is 1.76 bits per heavy atom. The van der Waals surface area contributed by atoms with Crippen molar-refractivity contribution in [2.24, 2.45) is 0 Å². The van der Waals surface area contributed by atoms with Crippen molar-refractivity contribution < 1.29 is 0 Å². The van der Waals surface area contributed by atoms with Crippen LogP contribution in [0, 0.1) is 6.92 Å². The molecule has 0 fully saturated rings. The summed E-state index contributed by atoms with van der Waals surface area (Å²) >= 11 is 24.4. The summed E-state index contributed by atoms with van der Waals surface area (Å²) in [5.41, 5.74) is 3.11. The zero-order valence-electron chi connectivity index (χ0n) is 10.9. The Balaban J connectivity index is 2.36. The molecule has 2 heterocycles. The Morgan fingerprint density at radius 3 is 2.48 bits per heavy atom. The highest BCUT2D eigenvalue weighted by molar-refractivity contribution is 6.43. The molecule has 0 bridgehead atoms. The van der Waals surface area contributed by atoms with Crippen LogP contribution in [0.25, 0.3) is 16.9 Å². The van der Waals surface area contributed by atoms with E-state index in [9.17, 15) is 0 Å². The topological polar surface area (TPSA) is 30.7 Å². The number of hydrogen-bond acceptors (Lipinski definition) is 2. The number of rotatable bonds is 2. The van der Waals surface area contributed by atoms with Gasteiger partial charge in [0.2, 0.25) is 0 Å². The lowest BCUT2D eigenvalue weighted by Crippen LogP contribution is -2.01. The van der Waals surface area contributed by atoms with Crippen molar-refractivity contribution in [2.45, 2.75) is 12.8 Å². The third kappa shape index (κ3) is 2.59. The minimum Gasteiger partial charge on any atom is -0.278 e. The molecule has 2 aromatic heterocycles. The monoisotopic (exact) mass is 359 g/mol. The van der Waals surface area contributed by atoms with Crippen LogP contribution in [0.1, 0.15) is 11.4 Å². The summed E-state index contributed by atoms with van der Waals surface area (Å²) in [5, 5.41) is 1.26. The standard InChI is InChI=1S/C14H9Cl4N3/c1-7-2-11-14(19-6-7)21(13(5-15)20-11)12-4-9(17)8(16)3-10(12)18/h2-4,6H,5H2,1H3. The second kappa shape index (κ2) is 5.65. The first-order valence-corrected chi connectivity index (χ1v) is 7.73. The third-order valence-electron chi connectivity index (χ3n) is 3.05. The van der Waals surface area contributed by atoms with Crippen molar-refractivity contribution >= 4 is 57.6 Å². The summed E-state index contributed by atoms with van der Waals surface area (Å²) in [6.45, 7) is 1.96. The van der Waals surface area contributed by atoms with E-state index in [0.29, 0.717) is 32.2 Å². The first-order chi connectivity index (χ1) is 10.0. The Hall–Kier alpha value is -1.000. The van der Waals surface area contributed by atoms with Gasteiger partial charge in [-0.1, -0.05) is 34.8 Å². The van der Waals surface area contributed by atoms with E-state index in [1.165, 1.54) is 0 Å². The van der Waals surface area contributed by atoms with Crippen LogP contribution in [-0.2, 0) is 5.88 Å². The summed E-state index contributed by atoms with van der Waals surface area (Å²) in [4.78, 5) is 8.92. The van der Waals surface area contributed by atoms with Gasteiger partial charge in [0.25, 0.3) is 0 Å². The maximum absolute atomic E-state index is 6.29. The van der Waals surface area contributed by atoms with Crippen LogP contribution in [0.3, 0.4) is 0 Å². The minimum absolute atomic E-state index is 0.228. The lowest BCUT2D eigenvalue weighted by atomic mass is 10.3. The van der Waals surface area contributed by atoms with Gasteiger partial charge in [-0.3, -0.25) is 4.57 Å². The fraction of sp³-hybridized carbons (Fsp3) is 0.143. The number of halogens is 4. The Labute approximate surface area is 141 Å². The predicted molar refractivity (Wildman–Crippen MR) is 88.2 cm³/mol. The molecule has 0 atom stereocenters. The van der Waals surface area contributed by atoms with E-state index in [-0.39, 0.29) is 5.88 Å². The largest absolute Gasteiger partial charge is 0.278 e. The van der Waals surface area contributed by atoms with E-state index in [0.717, 1.165) is 11.1 Å². The van der Waals surface area contributed by atoms with Gasteiger partial charge in [-0.05, 0) is 30.7 Å². The molecular weight excluding hydrogens is 352 g/mol. The molecule has 108 valence electrons.